The quantitative estimate of drug-likeness (QED) is 0.713. The highest BCUT2D eigenvalue weighted by molar-refractivity contribution is 7.99. The lowest BCUT2D eigenvalue weighted by Crippen LogP contribution is -2.30. The molecule has 0 saturated heterocycles. The van der Waals surface area contributed by atoms with Crippen molar-refractivity contribution in [1.29, 1.82) is 0 Å². The van der Waals surface area contributed by atoms with Crippen molar-refractivity contribution in [2.45, 2.75) is 32.4 Å². The Labute approximate surface area is 113 Å². The van der Waals surface area contributed by atoms with Gasteiger partial charge < -0.3 is 10.4 Å². The molecule has 0 aliphatic rings. The minimum absolute atomic E-state index is 0.274. The lowest BCUT2D eigenvalue weighted by molar-refractivity contribution is 0.170. The van der Waals surface area contributed by atoms with Crippen molar-refractivity contribution >= 4 is 11.8 Å². The highest BCUT2D eigenvalue weighted by Crippen LogP contribution is 2.13. The molecule has 1 rings (SSSR count). The summed E-state index contributed by atoms with van der Waals surface area (Å²) in [5.41, 5.74) is 0.749. The number of aliphatic hydroxyl groups is 1. The van der Waals surface area contributed by atoms with E-state index in [4.69, 9.17) is 0 Å². The van der Waals surface area contributed by atoms with Crippen LogP contribution in [0.5, 0.6) is 0 Å². The monoisotopic (exact) mass is 271 g/mol. The number of thioether (sulfide) groups is 1. The van der Waals surface area contributed by atoms with Gasteiger partial charge in [0.15, 0.2) is 0 Å². The molecule has 0 aliphatic carbocycles. The first-order valence-electron chi connectivity index (χ1n) is 6.38. The molecule has 2 N–H and O–H groups in total. The Morgan fingerprint density at radius 3 is 2.61 bits per heavy atom. The summed E-state index contributed by atoms with van der Waals surface area (Å²) in [6.45, 7) is 4.78. The smallest absolute Gasteiger partial charge is 0.123 e. The Balaban J connectivity index is 2.27. The zero-order valence-electron chi connectivity index (χ0n) is 11.0. The molecule has 0 heterocycles. The second kappa shape index (κ2) is 8.51. The van der Waals surface area contributed by atoms with Gasteiger partial charge in [-0.2, -0.15) is 11.8 Å². The van der Waals surface area contributed by atoms with Crippen molar-refractivity contribution in [2.24, 2.45) is 0 Å². The molecule has 1 aromatic rings. The third-order valence-electron chi connectivity index (χ3n) is 2.81. The molecule has 2 unspecified atom stereocenters. The van der Waals surface area contributed by atoms with E-state index in [9.17, 15) is 9.50 Å². The minimum atomic E-state index is -0.577. The molecule has 0 bridgehead atoms. The van der Waals surface area contributed by atoms with Gasteiger partial charge in [-0.3, -0.25) is 0 Å². The zero-order chi connectivity index (χ0) is 13.4. The van der Waals surface area contributed by atoms with Crippen LogP contribution in [0, 0.1) is 5.82 Å². The average Bonchev–Trinajstić information content (AvgIpc) is 2.37. The third kappa shape index (κ3) is 5.85. The Bertz CT molecular complexity index is 331. The standard InChI is InChI=1S/C14H22FNOS/c1-3-18-9-8-11(2)16-10-14(17)12-4-6-13(15)7-5-12/h4-7,11,14,16-17H,3,8-10H2,1-2H3. The van der Waals surface area contributed by atoms with Crippen LogP contribution in [0.1, 0.15) is 31.9 Å². The number of rotatable bonds is 8. The summed E-state index contributed by atoms with van der Waals surface area (Å²) >= 11 is 1.92. The van der Waals surface area contributed by atoms with Crippen LogP contribution < -0.4 is 5.32 Å². The van der Waals surface area contributed by atoms with Gasteiger partial charge in [-0.05, 0) is 42.5 Å². The number of aliphatic hydroxyl groups excluding tert-OH is 1. The second-order valence-corrected chi connectivity index (χ2v) is 5.76. The largest absolute Gasteiger partial charge is 0.387 e. The molecule has 0 spiro atoms. The first-order valence-corrected chi connectivity index (χ1v) is 7.53. The number of hydrogen-bond donors (Lipinski definition) is 2. The third-order valence-corrected chi connectivity index (χ3v) is 3.75. The summed E-state index contributed by atoms with van der Waals surface area (Å²) in [6, 6.07) is 6.39. The van der Waals surface area contributed by atoms with Gasteiger partial charge in [-0.15, -0.1) is 0 Å². The maximum absolute atomic E-state index is 12.7. The second-order valence-electron chi connectivity index (χ2n) is 4.36. The van der Waals surface area contributed by atoms with Crippen LogP contribution in [-0.4, -0.2) is 29.2 Å². The van der Waals surface area contributed by atoms with Crippen LogP contribution in [0.25, 0.3) is 0 Å². The van der Waals surface area contributed by atoms with Crippen molar-refractivity contribution in [2.75, 3.05) is 18.1 Å². The highest BCUT2D eigenvalue weighted by atomic mass is 32.2. The van der Waals surface area contributed by atoms with Gasteiger partial charge >= 0.3 is 0 Å². The van der Waals surface area contributed by atoms with E-state index in [1.54, 1.807) is 12.1 Å². The first kappa shape index (κ1) is 15.5. The van der Waals surface area contributed by atoms with E-state index < -0.39 is 6.10 Å². The molecule has 0 amide bonds. The Hall–Kier alpha value is -0.580. The van der Waals surface area contributed by atoms with Crippen LogP contribution >= 0.6 is 11.8 Å². The van der Waals surface area contributed by atoms with Crippen molar-refractivity contribution in [3.05, 3.63) is 35.6 Å². The predicted molar refractivity (Wildman–Crippen MR) is 76.4 cm³/mol. The van der Waals surface area contributed by atoms with Crippen molar-refractivity contribution in [3.63, 3.8) is 0 Å². The molecule has 18 heavy (non-hydrogen) atoms. The Morgan fingerprint density at radius 2 is 2.00 bits per heavy atom. The zero-order valence-corrected chi connectivity index (χ0v) is 11.8. The van der Waals surface area contributed by atoms with Crippen LogP contribution in [-0.2, 0) is 0 Å². The summed E-state index contributed by atoms with van der Waals surface area (Å²) in [6.07, 6.45) is 0.515. The molecule has 2 nitrogen and oxygen atoms in total. The lowest BCUT2D eigenvalue weighted by atomic mass is 10.1. The fourth-order valence-electron chi connectivity index (χ4n) is 1.62. The number of hydrogen-bond acceptors (Lipinski definition) is 3. The van der Waals surface area contributed by atoms with Crippen LogP contribution in [0.2, 0.25) is 0 Å². The summed E-state index contributed by atoms with van der Waals surface area (Å²) < 4.78 is 12.7. The van der Waals surface area contributed by atoms with E-state index in [1.165, 1.54) is 12.1 Å². The summed E-state index contributed by atoms with van der Waals surface area (Å²) in [4.78, 5) is 0. The fourth-order valence-corrected chi connectivity index (χ4v) is 2.43. The summed E-state index contributed by atoms with van der Waals surface area (Å²) in [5.74, 6) is 2.01. The molecular formula is C14H22FNOS. The molecule has 1 aromatic carbocycles. The molecule has 0 aromatic heterocycles. The van der Waals surface area contributed by atoms with E-state index in [1.807, 2.05) is 11.8 Å². The minimum Gasteiger partial charge on any atom is -0.387 e. The molecular weight excluding hydrogens is 249 g/mol. The van der Waals surface area contributed by atoms with Crippen molar-refractivity contribution in [3.8, 4) is 0 Å². The van der Waals surface area contributed by atoms with E-state index >= 15 is 0 Å². The van der Waals surface area contributed by atoms with Gasteiger partial charge in [0.25, 0.3) is 0 Å². The molecule has 0 radical (unpaired) electrons. The lowest BCUT2D eigenvalue weighted by Gasteiger charge is -2.17. The Morgan fingerprint density at radius 1 is 1.33 bits per heavy atom. The van der Waals surface area contributed by atoms with Gasteiger partial charge in [0.05, 0.1) is 6.10 Å². The van der Waals surface area contributed by atoms with E-state index in [-0.39, 0.29) is 5.82 Å². The number of nitrogens with one attached hydrogen (secondary N) is 1. The van der Waals surface area contributed by atoms with E-state index in [2.05, 4.69) is 19.2 Å². The average molecular weight is 271 g/mol. The van der Waals surface area contributed by atoms with E-state index in [0.29, 0.717) is 12.6 Å². The molecule has 4 heteroatoms. The van der Waals surface area contributed by atoms with Crippen molar-refractivity contribution < 1.29 is 9.50 Å². The topological polar surface area (TPSA) is 32.3 Å². The summed E-state index contributed by atoms with van der Waals surface area (Å²) in [7, 11) is 0. The maximum atomic E-state index is 12.7. The van der Waals surface area contributed by atoms with Crippen LogP contribution in [0.3, 0.4) is 0 Å². The normalized spacial score (nSPS) is 14.4. The molecule has 0 saturated carbocycles. The van der Waals surface area contributed by atoms with Crippen molar-refractivity contribution in [1.82, 2.24) is 5.32 Å². The first-order chi connectivity index (χ1) is 8.63. The Kier molecular flexibility index (Phi) is 7.32. The molecule has 0 aliphatic heterocycles. The van der Waals surface area contributed by atoms with Crippen LogP contribution in [0.4, 0.5) is 4.39 Å². The molecule has 2 atom stereocenters. The number of halogens is 1. The van der Waals surface area contributed by atoms with Gasteiger partial charge in [0.2, 0.25) is 0 Å². The maximum Gasteiger partial charge on any atom is 0.123 e. The molecule has 0 fully saturated rings. The highest BCUT2D eigenvalue weighted by Gasteiger charge is 2.09. The number of benzene rings is 1. The summed E-state index contributed by atoms with van der Waals surface area (Å²) in [5, 5.41) is 13.2. The van der Waals surface area contributed by atoms with Gasteiger partial charge in [-0.1, -0.05) is 19.1 Å². The van der Waals surface area contributed by atoms with Crippen LogP contribution in [0.15, 0.2) is 24.3 Å². The fraction of sp³-hybridized carbons (Fsp3) is 0.571. The van der Waals surface area contributed by atoms with Gasteiger partial charge in [0, 0.05) is 12.6 Å². The SMILES string of the molecule is CCSCCC(C)NCC(O)c1ccc(F)cc1. The van der Waals surface area contributed by atoms with E-state index in [0.717, 1.165) is 23.5 Å². The predicted octanol–water partition coefficient (Wildman–Crippen LogP) is 2.98. The molecule has 102 valence electrons. The van der Waals surface area contributed by atoms with Gasteiger partial charge in [0.1, 0.15) is 5.82 Å². The van der Waals surface area contributed by atoms with Gasteiger partial charge in [-0.25, -0.2) is 4.39 Å².